The Morgan fingerprint density at radius 1 is 1.07 bits per heavy atom. The molecule has 0 radical (unpaired) electrons. The molecule has 3 aromatic carbocycles. The van der Waals surface area contributed by atoms with Crippen LogP contribution in [0.2, 0.25) is 0 Å². The van der Waals surface area contributed by atoms with Crippen LogP contribution in [0.5, 0.6) is 11.5 Å². The molecule has 6 nitrogen and oxygen atoms in total. The summed E-state index contributed by atoms with van der Waals surface area (Å²) in [6, 6.07) is 15.9. The van der Waals surface area contributed by atoms with Crippen molar-refractivity contribution < 1.29 is 22.7 Å². The number of anilines is 1. The molecule has 8 heteroatoms. The summed E-state index contributed by atoms with van der Waals surface area (Å²) in [6.45, 7) is 2.25. The van der Waals surface area contributed by atoms with Gasteiger partial charge in [-0.25, -0.2) is 12.8 Å². The number of hydrogen-bond acceptors (Lipinski definition) is 5. The Labute approximate surface area is 168 Å². The third-order valence-electron chi connectivity index (χ3n) is 3.89. The summed E-state index contributed by atoms with van der Waals surface area (Å²) in [7, 11) is -3.80. The second-order valence-corrected chi connectivity index (χ2v) is 7.71. The molecule has 2 N–H and O–H groups in total. The maximum atomic E-state index is 13.0. The number of phenols is 1. The summed E-state index contributed by atoms with van der Waals surface area (Å²) >= 11 is 0. The number of phenolic OH excluding ortho intramolecular Hbond substituents is 1. The number of nitrogens with zero attached hydrogens (tertiary/aromatic N) is 1. The van der Waals surface area contributed by atoms with Crippen molar-refractivity contribution in [2.75, 3.05) is 11.3 Å². The lowest BCUT2D eigenvalue weighted by molar-refractivity contribution is 0.318. The van der Waals surface area contributed by atoms with E-state index in [2.05, 4.69) is 9.71 Å². The van der Waals surface area contributed by atoms with Crippen molar-refractivity contribution in [3.05, 3.63) is 78.1 Å². The molecule has 0 bridgehead atoms. The van der Waals surface area contributed by atoms with Gasteiger partial charge in [-0.05, 0) is 79.2 Å². The van der Waals surface area contributed by atoms with Crippen LogP contribution >= 0.6 is 0 Å². The van der Waals surface area contributed by atoms with E-state index in [0.717, 1.165) is 5.56 Å². The predicted molar refractivity (Wildman–Crippen MR) is 110 cm³/mol. The lowest BCUT2D eigenvalue weighted by Gasteiger charge is -2.08. The number of ether oxygens (including phenoxy) is 1. The van der Waals surface area contributed by atoms with Crippen molar-refractivity contribution in [3.8, 4) is 11.5 Å². The Kier molecular flexibility index (Phi) is 6.13. The molecule has 0 saturated carbocycles. The maximum absolute atomic E-state index is 13.0. The zero-order valence-corrected chi connectivity index (χ0v) is 16.4. The van der Waals surface area contributed by atoms with Crippen LogP contribution in [0.25, 0.3) is 0 Å². The average molecular weight is 414 g/mol. The Hall–Kier alpha value is -3.39. The van der Waals surface area contributed by atoms with Gasteiger partial charge in [0.05, 0.1) is 17.2 Å². The van der Waals surface area contributed by atoms with E-state index in [4.69, 9.17) is 4.74 Å². The molecule has 0 aromatic heterocycles. The highest BCUT2D eigenvalue weighted by Crippen LogP contribution is 2.26. The van der Waals surface area contributed by atoms with Gasteiger partial charge in [-0.3, -0.25) is 9.71 Å². The normalized spacial score (nSPS) is 11.5. The van der Waals surface area contributed by atoms with Gasteiger partial charge in [-0.1, -0.05) is 0 Å². The monoisotopic (exact) mass is 414 g/mol. The van der Waals surface area contributed by atoms with Crippen LogP contribution in [0.4, 0.5) is 15.8 Å². The molecule has 0 aliphatic carbocycles. The molecule has 3 rings (SSSR count). The molecule has 0 saturated heterocycles. The highest BCUT2D eigenvalue weighted by Gasteiger charge is 2.14. The molecule has 0 fully saturated rings. The minimum absolute atomic E-state index is 0.0483. The zero-order valence-electron chi connectivity index (χ0n) is 15.5. The Bertz CT molecular complexity index is 1110. The minimum atomic E-state index is -3.80. The first-order chi connectivity index (χ1) is 13.9. The molecule has 3 aromatic rings. The summed E-state index contributed by atoms with van der Waals surface area (Å²) in [5, 5.41) is 9.73. The van der Waals surface area contributed by atoms with Crippen molar-refractivity contribution in [2.45, 2.75) is 11.8 Å². The maximum Gasteiger partial charge on any atom is 0.261 e. The number of aromatic hydroxyl groups is 1. The smallest absolute Gasteiger partial charge is 0.261 e. The van der Waals surface area contributed by atoms with Crippen molar-refractivity contribution in [1.82, 2.24) is 0 Å². The average Bonchev–Trinajstić information content (AvgIpc) is 2.71. The van der Waals surface area contributed by atoms with E-state index in [-0.39, 0.29) is 16.3 Å². The number of halogens is 1. The van der Waals surface area contributed by atoms with Crippen molar-refractivity contribution >= 4 is 27.6 Å². The largest absolute Gasteiger partial charge is 0.504 e. The Morgan fingerprint density at radius 2 is 1.76 bits per heavy atom. The predicted octanol–water partition coefficient (Wildman–Crippen LogP) is 4.48. The highest BCUT2D eigenvalue weighted by molar-refractivity contribution is 7.92. The van der Waals surface area contributed by atoms with E-state index in [1.807, 2.05) is 6.92 Å². The zero-order chi connectivity index (χ0) is 20.9. The number of benzene rings is 3. The van der Waals surface area contributed by atoms with Gasteiger partial charge >= 0.3 is 0 Å². The van der Waals surface area contributed by atoms with Crippen LogP contribution in [0.15, 0.2) is 76.6 Å². The van der Waals surface area contributed by atoms with Crippen LogP contribution in [0, 0.1) is 5.82 Å². The molecule has 0 heterocycles. The molecule has 0 amide bonds. The van der Waals surface area contributed by atoms with Gasteiger partial charge in [-0.15, -0.1) is 0 Å². The van der Waals surface area contributed by atoms with E-state index in [1.165, 1.54) is 42.5 Å². The second kappa shape index (κ2) is 8.74. The van der Waals surface area contributed by atoms with Crippen molar-refractivity contribution in [3.63, 3.8) is 0 Å². The SMILES string of the molecule is CCOc1cc(C=Nc2ccc(S(=O)(=O)Nc3ccc(F)cc3)cc2)ccc1O. The van der Waals surface area contributed by atoms with Crippen LogP contribution in [-0.2, 0) is 10.0 Å². The Balaban J connectivity index is 1.73. The third-order valence-corrected chi connectivity index (χ3v) is 5.29. The molecule has 0 spiro atoms. The number of nitrogens with one attached hydrogen (secondary N) is 1. The molecule has 0 unspecified atom stereocenters. The number of aliphatic imine (C=N–C) groups is 1. The van der Waals surface area contributed by atoms with Crippen LogP contribution in [0.1, 0.15) is 12.5 Å². The van der Waals surface area contributed by atoms with Crippen molar-refractivity contribution in [2.24, 2.45) is 4.99 Å². The minimum Gasteiger partial charge on any atom is -0.504 e. The summed E-state index contributed by atoms with van der Waals surface area (Å²) in [5.41, 5.74) is 1.55. The first kappa shape index (κ1) is 20.3. The summed E-state index contributed by atoms with van der Waals surface area (Å²) in [5.74, 6) is -0.0332. The summed E-state index contributed by atoms with van der Waals surface area (Å²) in [4.78, 5) is 4.36. The lowest BCUT2D eigenvalue weighted by Crippen LogP contribution is -2.12. The van der Waals surface area contributed by atoms with Crippen LogP contribution in [0.3, 0.4) is 0 Å². The second-order valence-electron chi connectivity index (χ2n) is 6.02. The summed E-state index contributed by atoms with van der Waals surface area (Å²) < 4.78 is 45.5. The van der Waals surface area contributed by atoms with E-state index < -0.39 is 15.8 Å². The lowest BCUT2D eigenvalue weighted by atomic mass is 10.2. The standard InChI is InChI=1S/C21H19FN2O4S/c1-2-28-21-13-15(3-12-20(21)25)14-23-17-8-10-19(11-9-17)29(26,27)24-18-6-4-16(22)5-7-18/h3-14,24-25H,2H2,1H3. The fourth-order valence-electron chi connectivity index (χ4n) is 2.47. The van der Waals surface area contributed by atoms with Gasteiger partial charge < -0.3 is 9.84 Å². The molecule has 150 valence electrons. The van der Waals surface area contributed by atoms with Crippen molar-refractivity contribution in [1.29, 1.82) is 0 Å². The molecular weight excluding hydrogens is 395 g/mol. The number of hydrogen-bond donors (Lipinski definition) is 2. The first-order valence-electron chi connectivity index (χ1n) is 8.76. The third kappa shape index (κ3) is 5.32. The van der Waals surface area contributed by atoms with Gasteiger partial charge in [0, 0.05) is 11.9 Å². The summed E-state index contributed by atoms with van der Waals surface area (Å²) in [6.07, 6.45) is 1.59. The molecule has 0 aliphatic heterocycles. The highest BCUT2D eigenvalue weighted by atomic mass is 32.2. The van der Waals surface area contributed by atoms with Crippen LogP contribution < -0.4 is 9.46 Å². The number of rotatable bonds is 7. The topological polar surface area (TPSA) is 88.0 Å². The van der Waals surface area contributed by atoms with Gasteiger partial charge in [0.2, 0.25) is 0 Å². The fourth-order valence-corrected chi connectivity index (χ4v) is 3.53. The molecular formula is C21H19FN2O4S. The van der Waals surface area contributed by atoms with E-state index in [1.54, 1.807) is 30.5 Å². The molecule has 29 heavy (non-hydrogen) atoms. The fraction of sp³-hybridized carbons (Fsp3) is 0.0952. The van der Waals surface area contributed by atoms with Gasteiger partial charge in [0.1, 0.15) is 5.82 Å². The van der Waals surface area contributed by atoms with Gasteiger partial charge in [-0.2, -0.15) is 0 Å². The van der Waals surface area contributed by atoms with E-state index in [0.29, 0.717) is 18.0 Å². The van der Waals surface area contributed by atoms with Crippen LogP contribution in [-0.4, -0.2) is 26.3 Å². The van der Waals surface area contributed by atoms with E-state index in [9.17, 15) is 17.9 Å². The molecule has 0 atom stereocenters. The van der Waals surface area contributed by atoms with Gasteiger partial charge in [0.15, 0.2) is 11.5 Å². The first-order valence-corrected chi connectivity index (χ1v) is 10.2. The number of sulfonamides is 1. The Morgan fingerprint density at radius 3 is 2.41 bits per heavy atom. The van der Waals surface area contributed by atoms with E-state index >= 15 is 0 Å². The van der Waals surface area contributed by atoms with Gasteiger partial charge in [0.25, 0.3) is 10.0 Å². The molecule has 0 aliphatic rings. The quantitative estimate of drug-likeness (QED) is 0.558.